The van der Waals surface area contributed by atoms with E-state index in [9.17, 15) is 0 Å². The summed E-state index contributed by atoms with van der Waals surface area (Å²) >= 11 is 5.61. The Bertz CT molecular complexity index is 177. The zero-order valence-corrected chi connectivity index (χ0v) is 10.8. The Morgan fingerprint density at radius 3 is 2.47 bits per heavy atom. The molecule has 0 saturated carbocycles. The van der Waals surface area contributed by atoms with Crippen LogP contribution >= 0.6 is 11.6 Å². The van der Waals surface area contributed by atoms with E-state index in [0.717, 1.165) is 31.9 Å². The standard InChI is InChI=1S/C12H23ClN2/c1-3-15(11-12(2)10-14)9-7-5-4-6-8-13/h12H,3-9,11H2,1-2H3. The van der Waals surface area contributed by atoms with Crippen molar-refractivity contribution < 1.29 is 0 Å². The first kappa shape index (κ1) is 14.7. The second kappa shape index (κ2) is 10.3. The Morgan fingerprint density at radius 1 is 1.27 bits per heavy atom. The first-order valence-electron chi connectivity index (χ1n) is 5.92. The molecule has 0 aliphatic heterocycles. The Balaban J connectivity index is 3.49. The number of nitriles is 1. The van der Waals surface area contributed by atoms with Crippen LogP contribution in [0.25, 0.3) is 0 Å². The molecule has 0 aromatic heterocycles. The molecule has 0 aromatic rings. The van der Waals surface area contributed by atoms with Crippen LogP contribution in [0.3, 0.4) is 0 Å². The number of halogens is 1. The summed E-state index contributed by atoms with van der Waals surface area (Å²) in [7, 11) is 0. The number of hydrogen-bond acceptors (Lipinski definition) is 2. The molecule has 15 heavy (non-hydrogen) atoms. The van der Waals surface area contributed by atoms with Gasteiger partial charge < -0.3 is 4.90 Å². The molecular formula is C12H23ClN2. The van der Waals surface area contributed by atoms with Crippen LogP contribution in [-0.2, 0) is 0 Å². The van der Waals surface area contributed by atoms with Gasteiger partial charge in [0.15, 0.2) is 0 Å². The molecule has 0 aliphatic rings. The van der Waals surface area contributed by atoms with E-state index in [4.69, 9.17) is 16.9 Å². The van der Waals surface area contributed by atoms with Gasteiger partial charge in [-0.15, -0.1) is 11.6 Å². The maximum Gasteiger partial charge on any atom is 0.0666 e. The van der Waals surface area contributed by atoms with Crippen LogP contribution in [0.2, 0.25) is 0 Å². The molecule has 0 saturated heterocycles. The van der Waals surface area contributed by atoms with E-state index in [1.165, 1.54) is 19.3 Å². The lowest BCUT2D eigenvalue weighted by molar-refractivity contribution is 0.262. The highest BCUT2D eigenvalue weighted by Gasteiger charge is 2.06. The third kappa shape index (κ3) is 8.72. The van der Waals surface area contributed by atoms with Crippen molar-refractivity contribution in [1.29, 1.82) is 5.26 Å². The summed E-state index contributed by atoms with van der Waals surface area (Å²) in [5.74, 6) is 0.927. The van der Waals surface area contributed by atoms with Gasteiger partial charge in [0, 0.05) is 12.4 Å². The Hall–Kier alpha value is -0.260. The van der Waals surface area contributed by atoms with E-state index in [0.29, 0.717) is 0 Å². The molecule has 2 nitrogen and oxygen atoms in total. The van der Waals surface area contributed by atoms with Crippen molar-refractivity contribution in [3.63, 3.8) is 0 Å². The van der Waals surface area contributed by atoms with Crippen LogP contribution < -0.4 is 0 Å². The SMILES string of the molecule is CCN(CCCCCCCl)CC(C)C#N. The predicted octanol–water partition coefficient (Wildman–Crippen LogP) is 3.27. The monoisotopic (exact) mass is 230 g/mol. The Morgan fingerprint density at radius 2 is 1.93 bits per heavy atom. The van der Waals surface area contributed by atoms with Crippen molar-refractivity contribution in [3.8, 4) is 6.07 Å². The summed E-state index contributed by atoms with van der Waals surface area (Å²) in [4.78, 5) is 2.36. The number of unbranched alkanes of at least 4 members (excludes halogenated alkanes) is 3. The largest absolute Gasteiger partial charge is 0.302 e. The van der Waals surface area contributed by atoms with Gasteiger partial charge in [0.1, 0.15) is 0 Å². The third-order valence-electron chi connectivity index (χ3n) is 2.56. The lowest BCUT2D eigenvalue weighted by Gasteiger charge is -2.21. The first-order valence-corrected chi connectivity index (χ1v) is 6.46. The van der Waals surface area contributed by atoms with E-state index in [2.05, 4.69) is 17.9 Å². The van der Waals surface area contributed by atoms with E-state index in [1.807, 2.05) is 6.92 Å². The van der Waals surface area contributed by atoms with Gasteiger partial charge in [-0.05, 0) is 32.9 Å². The van der Waals surface area contributed by atoms with Gasteiger partial charge in [0.05, 0.1) is 12.0 Å². The van der Waals surface area contributed by atoms with Gasteiger partial charge in [-0.25, -0.2) is 0 Å². The molecule has 0 N–H and O–H groups in total. The van der Waals surface area contributed by atoms with Crippen LogP contribution in [-0.4, -0.2) is 30.4 Å². The van der Waals surface area contributed by atoms with E-state index in [-0.39, 0.29) is 5.92 Å². The quantitative estimate of drug-likeness (QED) is 0.449. The van der Waals surface area contributed by atoms with Gasteiger partial charge in [-0.3, -0.25) is 0 Å². The molecule has 3 heteroatoms. The predicted molar refractivity (Wildman–Crippen MR) is 66.1 cm³/mol. The molecule has 1 unspecified atom stereocenters. The van der Waals surface area contributed by atoms with E-state index in [1.54, 1.807) is 0 Å². The number of alkyl halides is 1. The van der Waals surface area contributed by atoms with Gasteiger partial charge in [0.2, 0.25) is 0 Å². The smallest absolute Gasteiger partial charge is 0.0666 e. The fourth-order valence-corrected chi connectivity index (χ4v) is 1.78. The highest BCUT2D eigenvalue weighted by Crippen LogP contribution is 2.05. The summed E-state index contributed by atoms with van der Waals surface area (Å²) in [5.41, 5.74) is 0. The topological polar surface area (TPSA) is 27.0 Å². The van der Waals surface area contributed by atoms with Crippen LogP contribution in [0.5, 0.6) is 0 Å². The fraction of sp³-hybridized carbons (Fsp3) is 0.917. The minimum absolute atomic E-state index is 0.146. The highest BCUT2D eigenvalue weighted by molar-refractivity contribution is 6.17. The molecule has 0 amide bonds. The van der Waals surface area contributed by atoms with Crippen molar-refractivity contribution in [2.75, 3.05) is 25.5 Å². The van der Waals surface area contributed by atoms with Gasteiger partial charge >= 0.3 is 0 Å². The minimum Gasteiger partial charge on any atom is -0.302 e. The van der Waals surface area contributed by atoms with Crippen molar-refractivity contribution >= 4 is 11.6 Å². The second-order valence-corrected chi connectivity index (χ2v) is 4.40. The third-order valence-corrected chi connectivity index (χ3v) is 2.82. The summed E-state index contributed by atoms with van der Waals surface area (Å²) in [6, 6.07) is 2.28. The average molecular weight is 231 g/mol. The fourth-order valence-electron chi connectivity index (χ4n) is 1.59. The minimum atomic E-state index is 0.146. The molecule has 0 fully saturated rings. The zero-order chi connectivity index (χ0) is 11.5. The maximum absolute atomic E-state index is 8.73. The van der Waals surface area contributed by atoms with Gasteiger partial charge in [-0.1, -0.05) is 19.8 Å². The highest BCUT2D eigenvalue weighted by atomic mass is 35.5. The molecule has 0 aromatic carbocycles. The Kier molecular flexibility index (Phi) is 10.1. The summed E-state index contributed by atoms with van der Waals surface area (Å²) in [6.07, 6.45) is 4.84. The van der Waals surface area contributed by atoms with E-state index >= 15 is 0 Å². The summed E-state index contributed by atoms with van der Waals surface area (Å²) in [5, 5.41) is 8.73. The zero-order valence-electron chi connectivity index (χ0n) is 10.0. The molecule has 0 radical (unpaired) electrons. The Labute approximate surface area is 99.2 Å². The summed E-state index contributed by atoms with van der Waals surface area (Å²) in [6.45, 7) is 7.20. The summed E-state index contributed by atoms with van der Waals surface area (Å²) < 4.78 is 0. The average Bonchev–Trinajstić information content (AvgIpc) is 2.26. The second-order valence-electron chi connectivity index (χ2n) is 4.03. The first-order chi connectivity index (χ1) is 7.24. The van der Waals surface area contributed by atoms with Crippen LogP contribution in [0.15, 0.2) is 0 Å². The van der Waals surface area contributed by atoms with Crippen molar-refractivity contribution in [1.82, 2.24) is 4.90 Å². The number of rotatable bonds is 9. The molecule has 0 heterocycles. The van der Waals surface area contributed by atoms with Crippen LogP contribution in [0.4, 0.5) is 0 Å². The van der Waals surface area contributed by atoms with Crippen LogP contribution in [0, 0.1) is 17.2 Å². The normalized spacial score (nSPS) is 12.7. The van der Waals surface area contributed by atoms with Gasteiger partial charge in [-0.2, -0.15) is 5.26 Å². The molecule has 0 rings (SSSR count). The number of hydrogen-bond donors (Lipinski definition) is 0. The number of nitrogens with zero attached hydrogens (tertiary/aromatic N) is 2. The molecule has 0 spiro atoms. The molecule has 88 valence electrons. The van der Waals surface area contributed by atoms with Crippen molar-refractivity contribution in [2.24, 2.45) is 5.92 Å². The molecule has 1 atom stereocenters. The lowest BCUT2D eigenvalue weighted by Crippen LogP contribution is -2.29. The van der Waals surface area contributed by atoms with Gasteiger partial charge in [0.25, 0.3) is 0 Å². The maximum atomic E-state index is 8.73. The molecule has 0 aliphatic carbocycles. The van der Waals surface area contributed by atoms with Crippen molar-refractivity contribution in [2.45, 2.75) is 39.5 Å². The van der Waals surface area contributed by atoms with Crippen molar-refractivity contribution in [3.05, 3.63) is 0 Å². The lowest BCUT2D eigenvalue weighted by atomic mass is 10.1. The van der Waals surface area contributed by atoms with Crippen LogP contribution in [0.1, 0.15) is 39.5 Å². The molecule has 0 bridgehead atoms. The van der Waals surface area contributed by atoms with E-state index < -0.39 is 0 Å². The molecular weight excluding hydrogens is 208 g/mol.